The van der Waals surface area contributed by atoms with Crippen molar-refractivity contribution in [3.8, 4) is 11.1 Å². The maximum Gasteiger partial charge on any atom is 0.318 e. The van der Waals surface area contributed by atoms with Crippen LogP contribution in [0.1, 0.15) is 205 Å². The fourth-order valence-electron chi connectivity index (χ4n) is 16.6. The molecule has 5 aliphatic carbocycles. The van der Waals surface area contributed by atoms with E-state index in [1.807, 2.05) is 78.9 Å². The first-order chi connectivity index (χ1) is 51.9. The maximum atomic E-state index is 12.6. The van der Waals surface area contributed by atoms with Gasteiger partial charge in [-0.05, 0) is 178 Å². The molecule has 5 atom stereocenters. The standard InChI is InChI=1S/C21H34NO2.C20H32NO2.C19H22NO2.C18H28NO2.C15H22NO2/c1-4-7-15-22(6-3,14-5-2)16-17-24-21(23)20-13-12-18-10-8-9-11-19(18)20;1-4-13-21(6-3,14-5-2)15-16-23-20(22)19-12-11-17-9-7-8-10-18(17)19;1-20(2,3)12-13-22-19(21)18-16-10-6-4-8-14(16)15-9-5-7-11-17(15)18;1-4-19(5-2,6-3)13-14-21-18(20)17-12-11-15-9-7-8-10-16(15)17;1-16(2,3)10-11-18-15(17)14-9-8-12-6-4-5-7-13(12)14/h8-11,20H,4-7,12-17H2,1-3H3;7-10,19H,4-6,11-16H2,1-3H3;4-11,18H,12-13H2,1-3H3;7-10,17H,4-6,11-14H2,1-3H3;4-7,14H,8-11H2,1-3H3/q5*+1. The number of hydrogen-bond acceptors (Lipinski definition) is 10. The molecule has 0 spiro atoms. The number of aryl methyl sites for hydroxylation is 4. The van der Waals surface area contributed by atoms with Crippen LogP contribution in [0.25, 0.3) is 11.1 Å². The largest absolute Gasteiger partial charge is 0.459 e. The predicted molar refractivity (Wildman–Crippen MR) is 438 cm³/mol. The number of fused-ring (bicyclic) bond motifs is 7. The Hall–Kier alpha value is -7.53. The Morgan fingerprint density at radius 2 is 0.537 bits per heavy atom. The average molecular weight is 1490 g/mol. The van der Waals surface area contributed by atoms with E-state index in [0.717, 1.165) is 167 Å². The fraction of sp³-hybridized carbons (Fsp3) is 0.559. The van der Waals surface area contributed by atoms with Crippen LogP contribution in [-0.4, -0.2) is 219 Å². The van der Waals surface area contributed by atoms with E-state index < -0.39 is 0 Å². The average Bonchev–Trinajstić information content (AvgIpc) is 1.61. The van der Waals surface area contributed by atoms with Gasteiger partial charge in [-0.25, -0.2) is 0 Å². The molecule has 15 heteroatoms. The number of nitrogens with zero attached hydrogens (tertiary/aromatic N) is 5. The van der Waals surface area contributed by atoms with Crippen LogP contribution in [-0.2, 0) is 73.3 Å². The Kier molecular flexibility index (Phi) is 35.1. The Bertz CT molecular complexity index is 3720. The van der Waals surface area contributed by atoms with E-state index in [4.69, 9.17) is 23.7 Å². The zero-order valence-corrected chi connectivity index (χ0v) is 69.2. The van der Waals surface area contributed by atoms with Gasteiger partial charge in [0.05, 0.1) is 125 Å². The molecule has 0 N–H and O–H groups in total. The van der Waals surface area contributed by atoms with Crippen LogP contribution in [0.2, 0.25) is 0 Å². The molecule has 0 aliphatic heterocycles. The van der Waals surface area contributed by atoms with Crippen molar-refractivity contribution in [2.75, 3.05) is 167 Å². The third-order valence-corrected chi connectivity index (χ3v) is 23.6. The summed E-state index contributed by atoms with van der Waals surface area (Å²) in [6, 6.07) is 49.2. The quantitative estimate of drug-likeness (QED) is 0.0219. The normalized spacial score (nSPS) is 17.1. The van der Waals surface area contributed by atoms with Crippen molar-refractivity contribution < 1.29 is 70.1 Å². The van der Waals surface area contributed by atoms with Crippen molar-refractivity contribution in [1.82, 2.24) is 0 Å². The van der Waals surface area contributed by atoms with Gasteiger partial charge in [-0.15, -0.1) is 0 Å². The monoisotopic (exact) mass is 1490 g/mol. The van der Waals surface area contributed by atoms with E-state index in [1.54, 1.807) is 0 Å². The lowest BCUT2D eigenvalue weighted by Crippen LogP contribution is -2.51. The molecule has 5 aliphatic rings. The zero-order valence-electron chi connectivity index (χ0n) is 69.2. The first kappa shape index (κ1) is 87.7. The highest BCUT2D eigenvalue weighted by atomic mass is 16.5. The molecule has 5 unspecified atom stereocenters. The van der Waals surface area contributed by atoms with E-state index >= 15 is 0 Å². The van der Waals surface area contributed by atoms with Crippen LogP contribution in [0.3, 0.4) is 0 Å². The second kappa shape index (κ2) is 43.2. The minimum atomic E-state index is -0.292. The number of carbonyl (C=O) groups excluding carboxylic acids is 5. The van der Waals surface area contributed by atoms with Gasteiger partial charge in [0.15, 0.2) is 0 Å². The molecule has 11 rings (SSSR count). The number of benzene rings is 6. The fourth-order valence-corrected chi connectivity index (χ4v) is 16.6. The molecular weight excluding hydrogens is 1350 g/mol. The van der Waals surface area contributed by atoms with Crippen molar-refractivity contribution in [3.63, 3.8) is 0 Å². The molecular formula is C93H138N5O10+5. The molecule has 0 heterocycles. The van der Waals surface area contributed by atoms with Gasteiger partial charge < -0.3 is 46.1 Å². The number of ether oxygens (including phenoxy) is 5. The van der Waals surface area contributed by atoms with Gasteiger partial charge in [0.1, 0.15) is 71.7 Å². The van der Waals surface area contributed by atoms with Crippen LogP contribution in [0.5, 0.6) is 0 Å². The minimum absolute atomic E-state index is 0.0267. The number of esters is 5. The first-order valence-corrected chi connectivity index (χ1v) is 41.4. The summed E-state index contributed by atoms with van der Waals surface area (Å²) in [5.74, 6) is -0.793. The summed E-state index contributed by atoms with van der Waals surface area (Å²) in [5, 5.41) is 0. The molecule has 0 fully saturated rings. The lowest BCUT2D eigenvalue weighted by molar-refractivity contribution is -0.927. The number of likely N-dealkylation sites (N-methyl/N-ethyl adjacent to an activating group) is 5. The number of hydrogen-bond donors (Lipinski definition) is 0. The summed E-state index contributed by atoms with van der Waals surface area (Å²) in [6.07, 6.45) is 13.6. The highest BCUT2D eigenvalue weighted by molar-refractivity contribution is 5.93. The van der Waals surface area contributed by atoms with Gasteiger partial charge in [-0.2, -0.15) is 0 Å². The molecule has 0 saturated heterocycles. The van der Waals surface area contributed by atoms with Crippen molar-refractivity contribution in [2.45, 2.75) is 175 Å². The highest BCUT2D eigenvalue weighted by Gasteiger charge is 2.37. The van der Waals surface area contributed by atoms with E-state index in [1.165, 1.54) is 97.2 Å². The number of unbranched alkanes of at least 4 members (excludes halogenated alkanes) is 1. The third-order valence-electron chi connectivity index (χ3n) is 23.6. The molecule has 590 valence electrons. The Labute approximate surface area is 651 Å². The van der Waals surface area contributed by atoms with Crippen LogP contribution in [0.4, 0.5) is 0 Å². The van der Waals surface area contributed by atoms with Gasteiger partial charge in [-0.3, -0.25) is 24.0 Å². The summed E-state index contributed by atoms with van der Waals surface area (Å²) < 4.78 is 32.7. The van der Waals surface area contributed by atoms with Gasteiger partial charge in [0, 0.05) is 0 Å². The van der Waals surface area contributed by atoms with Crippen LogP contribution >= 0.6 is 0 Å². The summed E-state index contributed by atoms with van der Waals surface area (Å²) >= 11 is 0. The lowest BCUT2D eigenvalue weighted by Gasteiger charge is -2.37. The van der Waals surface area contributed by atoms with E-state index in [9.17, 15) is 24.0 Å². The van der Waals surface area contributed by atoms with Gasteiger partial charge >= 0.3 is 29.8 Å². The molecule has 6 aromatic carbocycles. The van der Waals surface area contributed by atoms with Crippen LogP contribution in [0, 0.1) is 0 Å². The second-order valence-electron chi connectivity index (χ2n) is 32.7. The zero-order chi connectivity index (χ0) is 78.3. The number of carbonyl (C=O) groups is 5. The van der Waals surface area contributed by atoms with E-state index in [-0.39, 0.29) is 59.4 Å². The molecule has 15 nitrogen and oxygen atoms in total. The van der Waals surface area contributed by atoms with Crippen LogP contribution in [0.15, 0.2) is 146 Å². The predicted octanol–water partition coefficient (Wildman–Crippen LogP) is 16.4. The Balaban J connectivity index is 0.000000189. The van der Waals surface area contributed by atoms with E-state index in [2.05, 4.69) is 171 Å². The minimum Gasteiger partial charge on any atom is -0.459 e. The molecule has 0 bridgehead atoms. The molecule has 0 amide bonds. The smallest absolute Gasteiger partial charge is 0.318 e. The summed E-state index contributed by atoms with van der Waals surface area (Å²) in [5.41, 5.74) is 14.3. The summed E-state index contributed by atoms with van der Waals surface area (Å²) in [4.78, 5) is 62.0. The topological polar surface area (TPSA) is 132 Å². The number of rotatable bonds is 34. The maximum absolute atomic E-state index is 12.6. The van der Waals surface area contributed by atoms with Gasteiger partial charge in [-0.1, -0.05) is 180 Å². The van der Waals surface area contributed by atoms with Crippen molar-refractivity contribution in [3.05, 3.63) is 201 Å². The SMILES string of the molecule is CCCC[N+](CC)(CCC)CCOC(=O)C1CCc2ccccc21.CCC[N+](CC)(CCC)CCOC(=O)C1CCc2ccccc21.CC[N+](CC)(CC)CCOC(=O)C1CCc2ccccc21.C[N+](C)(C)CCOC(=O)C1CCc2ccccc21.C[N+](C)(C)CCOC(=O)C1c2ccccc2-c2ccccc21. The molecule has 108 heavy (non-hydrogen) atoms. The van der Waals surface area contributed by atoms with Crippen molar-refractivity contribution >= 4 is 29.8 Å². The lowest BCUT2D eigenvalue weighted by atomic mass is 9.97. The van der Waals surface area contributed by atoms with E-state index in [0.29, 0.717) is 33.0 Å². The number of quaternary nitrogens is 5. The molecule has 0 saturated carbocycles. The third kappa shape index (κ3) is 25.0. The van der Waals surface area contributed by atoms with Crippen LogP contribution < -0.4 is 0 Å². The Morgan fingerprint density at radius 3 is 0.815 bits per heavy atom. The molecule has 6 aromatic rings. The molecule has 0 radical (unpaired) electrons. The van der Waals surface area contributed by atoms with Gasteiger partial charge in [0.2, 0.25) is 0 Å². The summed E-state index contributed by atoms with van der Waals surface area (Å²) in [7, 11) is 12.6. The van der Waals surface area contributed by atoms with Crippen molar-refractivity contribution in [1.29, 1.82) is 0 Å². The molecule has 0 aromatic heterocycles. The Morgan fingerprint density at radius 1 is 0.287 bits per heavy atom. The summed E-state index contributed by atoms with van der Waals surface area (Å²) in [6.45, 7) is 37.4. The highest BCUT2D eigenvalue weighted by Crippen LogP contribution is 2.45. The van der Waals surface area contributed by atoms with Gasteiger partial charge in [0.25, 0.3) is 0 Å². The van der Waals surface area contributed by atoms with Crippen molar-refractivity contribution in [2.24, 2.45) is 0 Å². The second-order valence-corrected chi connectivity index (χ2v) is 32.7. The first-order valence-electron chi connectivity index (χ1n) is 41.4.